The molecule has 0 spiro atoms. The van der Waals surface area contributed by atoms with E-state index in [0.717, 1.165) is 6.42 Å². The van der Waals surface area contributed by atoms with Crippen molar-refractivity contribution in [1.29, 1.82) is 0 Å². The molecule has 0 amide bonds. The van der Waals surface area contributed by atoms with Gasteiger partial charge in [-0.25, -0.2) is 4.79 Å². The smallest absolute Gasteiger partial charge is 0.313 e. The fraction of sp³-hybridized carbons (Fsp3) is 0.625. The maximum Gasteiger partial charge on any atom is 0.325 e. The molecule has 0 aliphatic heterocycles. The Morgan fingerprint density at radius 3 is 2.64 bits per heavy atom. The molecule has 1 rings (SSSR count). The van der Waals surface area contributed by atoms with Crippen molar-refractivity contribution in [3.8, 4) is 0 Å². The molecule has 0 bridgehead atoms. The molecule has 1 heterocycles. The third-order valence-corrected chi connectivity index (χ3v) is 2.17. The standard InChI is InChI=1S/C8H14N2O/c1-4-8(2,3)10-6-5-9-7(10)11/h5-6H,4H2,1-3H3,(H,9,11). The first kappa shape index (κ1) is 8.11. The van der Waals surface area contributed by atoms with Gasteiger partial charge in [0.1, 0.15) is 0 Å². The average Bonchev–Trinajstić information content (AvgIpc) is 2.36. The van der Waals surface area contributed by atoms with E-state index < -0.39 is 0 Å². The van der Waals surface area contributed by atoms with E-state index in [4.69, 9.17) is 0 Å². The highest BCUT2D eigenvalue weighted by Crippen LogP contribution is 2.15. The molecule has 0 aromatic carbocycles. The Labute approximate surface area is 66.1 Å². The van der Waals surface area contributed by atoms with E-state index in [1.165, 1.54) is 0 Å². The second-order valence-corrected chi connectivity index (χ2v) is 3.30. The number of hydrogen-bond donors (Lipinski definition) is 1. The zero-order valence-electron chi connectivity index (χ0n) is 7.22. The summed E-state index contributed by atoms with van der Waals surface area (Å²) in [5.41, 5.74) is -0.103. The summed E-state index contributed by atoms with van der Waals surface area (Å²) in [5, 5.41) is 0. The fourth-order valence-electron chi connectivity index (χ4n) is 0.967. The molecule has 0 aliphatic rings. The van der Waals surface area contributed by atoms with Crippen molar-refractivity contribution in [2.45, 2.75) is 32.7 Å². The van der Waals surface area contributed by atoms with Crippen LogP contribution < -0.4 is 5.69 Å². The average molecular weight is 154 g/mol. The minimum Gasteiger partial charge on any atom is -0.313 e. The fourth-order valence-corrected chi connectivity index (χ4v) is 0.967. The van der Waals surface area contributed by atoms with Crippen LogP contribution in [0.25, 0.3) is 0 Å². The lowest BCUT2D eigenvalue weighted by Crippen LogP contribution is -2.33. The predicted octanol–water partition coefficient (Wildman–Crippen LogP) is 1.32. The van der Waals surface area contributed by atoms with Crippen molar-refractivity contribution in [1.82, 2.24) is 9.55 Å². The molecule has 3 nitrogen and oxygen atoms in total. The van der Waals surface area contributed by atoms with Gasteiger partial charge in [0, 0.05) is 17.9 Å². The molecule has 1 N–H and O–H groups in total. The SMILES string of the molecule is CCC(C)(C)n1cc[nH]c1=O. The van der Waals surface area contributed by atoms with Gasteiger partial charge in [-0.2, -0.15) is 0 Å². The second-order valence-electron chi connectivity index (χ2n) is 3.30. The van der Waals surface area contributed by atoms with E-state index >= 15 is 0 Å². The van der Waals surface area contributed by atoms with Crippen molar-refractivity contribution in [3.05, 3.63) is 22.9 Å². The third kappa shape index (κ3) is 1.37. The molecule has 0 fully saturated rings. The zero-order chi connectivity index (χ0) is 8.48. The maximum absolute atomic E-state index is 11.1. The number of imidazole rings is 1. The molecule has 0 atom stereocenters. The van der Waals surface area contributed by atoms with E-state index in [-0.39, 0.29) is 11.2 Å². The van der Waals surface area contributed by atoms with Gasteiger partial charge in [-0.15, -0.1) is 0 Å². The lowest BCUT2D eigenvalue weighted by molar-refractivity contribution is 0.333. The first-order valence-electron chi connectivity index (χ1n) is 3.84. The lowest BCUT2D eigenvalue weighted by Gasteiger charge is -2.23. The highest BCUT2D eigenvalue weighted by atomic mass is 16.1. The van der Waals surface area contributed by atoms with Gasteiger partial charge in [0.05, 0.1) is 0 Å². The van der Waals surface area contributed by atoms with Gasteiger partial charge in [-0.1, -0.05) is 6.92 Å². The Morgan fingerprint density at radius 1 is 1.64 bits per heavy atom. The van der Waals surface area contributed by atoms with Crippen LogP contribution in [0.4, 0.5) is 0 Å². The molecule has 3 heteroatoms. The molecule has 11 heavy (non-hydrogen) atoms. The lowest BCUT2D eigenvalue weighted by atomic mass is 10.0. The summed E-state index contributed by atoms with van der Waals surface area (Å²) in [6, 6.07) is 0. The Hall–Kier alpha value is -0.990. The van der Waals surface area contributed by atoms with Gasteiger partial charge >= 0.3 is 5.69 Å². The van der Waals surface area contributed by atoms with Crippen LogP contribution in [0.3, 0.4) is 0 Å². The molecule has 1 aromatic rings. The molecule has 0 unspecified atom stereocenters. The van der Waals surface area contributed by atoms with E-state index in [0.29, 0.717) is 0 Å². The molecule has 1 aromatic heterocycles. The highest BCUT2D eigenvalue weighted by molar-refractivity contribution is 4.85. The first-order valence-corrected chi connectivity index (χ1v) is 3.84. The molecule has 0 aliphatic carbocycles. The van der Waals surface area contributed by atoms with Crippen LogP contribution in [-0.2, 0) is 5.54 Å². The number of nitrogens with one attached hydrogen (secondary N) is 1. The third-order valence-electron chi connectivity index (χ3n) is 2.17. The van der Waals surface area contributed by atoms with Gasteiger partial charge in [0.25, 0.3) is 0 Å². The first-order chi connectivity index (χ1) is 5.08. The van der Waals surface area contributed by atoms with Crippen LogP contribution in [-0.4, -0.2) is 9.55 Å². The summed E-state index contributed by atoms with van der Waals surface area (Å²) in [5.74, 6) is 0. The van der Waals surface area contributed by atoms with Crippen molar-refractivity contribution >= 4 is 0 Å². The van der Waals surface area contributed by atoms with E-state index in [1.54, 1.807) is 17.0 Å². The number of aromatic amines is 1. The Bertz CT molecular complexity index is 282. The number of nitrogens with zero attached hydrogens (tertiary/aromatic N) is 1. The molecule has 0 saturated heterocycles. The van der Waals surface area contributed by atoms with Crippen LogP contribution in [0.2, 0.25) is 0 Å². The normalized spacial score (nSPS) is 11.9. The van der Waals surface area contributed by atoms with Gasteiger partial charge in [0.15, 0.2) is 0 Å². The van der Waals surface area contributed by atoms with Gasteiger partial charge in [-0.05, 0) is 20.3 Å². The predicted molar refractivity (Wildman–Crippen MR) is 44.7 cm³/mol. The zero-order valence-corrected chi connectivity index (χ0v) is 7.22. The largest absolute Gasteiger partial charge is 0.325 e. The number of rotatable bonds is 2. The quantitative estimate of drug-likeness (QED) is 0.685. The van der Waals surface area contributed by atoms with Crippen LogP contribution in [0.15, 0.2) is 17.2 Å². The topological polar surface area (TPSA) is 37.8 Å². The van der Waals surface area contributed by atoms with Gasteiger partial charge < -0.3 is 4.98 Å². The number of aromatic nitrogens is 2. The van der Waals surface area contributed by atoms with Crippen molar-refractivity contribution in [2.24, 2.45) is 0 Å². The van der Waals surface area contributed by atoms with Crippen molar-refractivity contribution in [2.75, 3.05) is 0 Å². The maximum atomic E-state index is 11.1. The van der Waals surface area contributed by atoms with E-state index in [9.17, 15) is 4.79 Å². The van der Waals surface area contributed by atoms with E-state index in [2.05, 4.69) is 11.9 Å². The molecule has 62 valence electrons. The minimum atomic E-state index is -0.0723. The highest BCUT2D eigenvalue weighted by Gasteiger charge is 2.18. The van der Waals surface area contributed by atoms with E-state index in [1.807, 2.05) is 13.8 Å². The molecule has 0 saturated carbocycles. The summed E-state index contributed by atoms with van der Waals surface area (Å²) >= 11 is 0. The Kier molecular flexibility index (Phi) is 1.89. The monoisotopic (exact) mass is 154 g/mol. The second kappa shape index (κ2) is 2.57. The van der Waals surface area contributed by atoms with Crippen molar-refractivity contribution in [3.63, 3.8) is 0 Å². The Morgan fingerprint density at radius 2 is 2.27 bits per heavy atom. The van der Waals surface area contributed by atoms with Crippen LogP contribution in [0.5, 0.6) is 0 Å². The summed E-state index contributed by atoms with van der Waals surface area (Å²) < 4.78 is 1.72. The van der Waals surface area contributed by atoms with Crippen molar-refractivity contribution < 1.29 is 0 Å². The summed E-state index contributed by atoms with van der Waals surface area (Å²) in [7, 11) is 0. The van der Waals surface area contributed by atoms with Gasteiger partial charge in [-0.3, -0.25) is 4.57 Å². The van der Waals surface area contributed by atoms with Crippen LogP contribution in [0.1, 0.15) is 27.2 Å². The number of H-pyrrole nitrogens is 1. The summed E-state index contributed by atoms with van der Waals surface area (Å²) in [6.45, 7) is 6.16. The van der Waals surface area contributed by atoms with Crippen LogP contribution in [0, 0.1) is 0 Å². The van der Waals surface area contributed by atoms with Gasteiger partial charge in [0.2, 0.25) is 0 Å². The minimum absolute atomic E-state index is 0.0307. The molecular weight excluding hydrogens is 140 g/mol. The summed E-state index contributed by atoms with van der Waals surface area (Å²) in [6.07, 6.45) is 4.40. The Balaban J connectivity index is 3.11. The summed E-state index contributed by atoms with van der Waals surface area (Å²) in [4.78, 5) is 13.7. The molecular formula is C8H14N2O. The van der Waals surface area contributed by atoms with Crippen LogP contribution >= 0.6 is 0 Å². The number of hydrogen-bond acceptors (Lipinski definition) is 1. The molecule has 0 radical (unpaired) electrons.